The van der Waals surface area contributed by atoms with E-state index in [0.29, 0.717) is 5.92 Å². The quantitative estimate of drug-likeness (QED) is 0.122. The van der Waals surface area contributed by atoms with Crippen LogP contribution in [0.2, 0.25) is 0 Å². The summed E-state index contributed by atoms with van der Waals surface area (Å²) in [6.07, 6.45) is 3.23. The van der Waals surface area contributed by atoms with Crippen molar-refractivity contribution in [1.82, 2.24) is 29.4 Å². The van der Waals surface area contributed by atoms with Gasteiger partial charge in [-0.05, 0) is 183 Å². The van der Waals surface area contributed by atoms with Crippen LogP contribution >= 0.6 is 0 Å². The van der Waals surface area contributed by atoms with Crippen molar-refractivity contribution in [3.8, 4) is 0 Å². The summed E-state index contributed by atoms with van der Waals surface area (Å²) in [4.78, 5) is 14.2. The first-order valence-corrected chi connectivity index (χ1v) is 19.2. The summed E-state index contributed by atoms with van der Waals surface area (Å²) in [5, 5.41) is 0. The van der Waals surface area contributed by atoms with Crippen molar-refractivity contribution in [1.29, 1.82) is 0 Å². The topological polar surface area (TPSA) is 19.4 Å². The summed E-state index contributed by atoms with van der Waals surface area (Å²) in [5.41, 5.74) is 17.5. The highest BCUT2D eigenvalue weighted by Crippen LogP contribution is 2.25. The van der Waals surface area contributed by atoms with E-state index in [1.807, 2.05) is 0 Å². The minimum atomic E-state index is 0.640. The molecule has 0 saturated carbocycles. The lowest BCUT2D eigenvalue weighted by Crippen LogP contribution is -2.29. The van der Waals surface area contributed by atoms with Gasteiger partial charge in [-0.25, -0.2) is 0 Å². The van der Waals surface area contributed by atoms with E-state index in [1.54, 1.807) is 0 Å². The van der Waals surface area contributed by atoms with E-state index < -0.39 is 0 Å². The van der Waals surface area contributed by atoms with Gasteiger partial charge in [-0.15, -0.1) is 0 Å². The van der Waals surface area contributed by atoms with Gasteiger partial charge in [0.25, 0.3) is 0 Å². The second-order valence-electron chi connectivity index (χ2n) is 17.2. The summed E-state index contributed by atoms with van der Waals surface area (Å²) >= 11 is 0. The second-order valence-corrected chi connectivity index (χ2v) is 17.2. The van der Waals surface area contributed by atoms with E-state index in [4.69, 9.17) is 0 Å². The van der Waals surface area contributed by atoms with Gasteiger partial charge in [-0.1, -0.05) is 50.2 Å². The molecule has 0 saturated heterocycles. The fourth-order valence-corrected chi connectivity index (χ4v) is 7.39. The molecule has 284 valence electrons. The summed E-state index contributed by atoms with van der Waals surface area (Å²) in [6, 6.07) is 14.9. The Balaban J connectivity index is 2.03. The van der Waals surface area contributed by atoms with Crippen molar-refractivity contribution in [2.75, 3.05) is 83.6 Å². The molecule has 51 heavy (non-hydrogen) atoms. The Morgan fingerprint density at radius 2 is 0.667 bits per heavy atom. The highest BCUT2D eigenvalue weighted by atomic mass is 15.1. The largest absolute Gasteiger partial charge is 0.305 e. The monoisotopic (exact) mass is 699 g/mol. The van der Waals surface area contributed by atoms with Crippen LogP contribution in [0.25, 0.3) is 0 Å². The van der Waals surface area contributed by atoms with Crippen molar-refractivity contribution in [3.63, 3.8) is 0 Å². The van der Waals surface area contributed by atoms with Crippen molar-refractivity contribution in [3.05, 3.63) is 103 Å². The van der Waals surface area contributed by atoms with E-state index in [1.165, 1.54) is 66.8 Å². The Morgan fingerprint density at radius 1 is 0.392 bits per heavy atom. The van der Waals surface area contributed by atoms with Gasteiger partial charge in [0.2, 0.25) is 0 Å². The van der Waals surface area contributed by atoms with E-state index in [-0.39, 0.29) is 0 Å². The molecule has 0 spiro atoms. The third kappa shape index (κ3) is 14.1. The van der Waals surface area contributed by atoms with E-state index >= 15 is 0 Å². The van der Waals surface area contributed by atoms with Crippen LogP contribution in [0, 0.1) is 26.7 Å². The number of rotatable bonds is 20. The van der Waals surface area contributed by atoms with Gasteiger partial charge in [0.1, 0.15) is 0 Å². The smallest absolute Gasteiger partial charge is 0.0234 e. The lowest BCUT2D eigenvalue weighted by molar-refractivity contribution is 0.271. The average molecular weight is 699 g/mol. The van der Waals surface area contributed by atoms with Crippen molar-refractivity contribution in [2.24, 2.45) is 5.92 Å². The lowest BCUT2D eigenvalue weighted by atomic mass is 9.91. The van der Waals surface area contributed by atoms with Crippen LogP contribution in [0.3, 0.4) is 0 Å². The molecule has 0 N–H and O–H groups in total. The first kappa shape index (κ1) is 42.8. The summed E-state index contributed by atoms with van der Waals surface area (Å²) in [5.74, 6) is 0.640. The number of hydrogen-bond donors (Lipinski definition) is 0. The molecule has 3 aromatic carbocycles. The summed E-state index contributed by atoms with van der Waals surface area (Å²) < 4.78 is 0. The van der Waals surface area contributed by atoms with Crippen LogP contribution in [0.5, 0.6) is 0 Å². The Morgan fingerprint density at radius 3 is 0.961 bits per heavy atom. The molecule has 0 aliphatic carbocycles. The predicted molar refractivity (Wildman–Crippen MR) is 222 cm³/mol. The standard InChI is InChI=1S/C45H74N6/c1-33(2)20-40-21-37(22-41(34(40)3)28-46(6)7)16-18-51(27-39-25-44(31-49(12)13)36(5)45(26-39)32-50(14)15)19-17-38-23-42(29-47(8)9)35(4)43(24-38)30-48(10)11/h21-26,33H,16-20,27-32H2,1-15H3. The molecule has 0 fully saturated rings. The maximum atomic E-state index is 2.73. The molecule has 3 rings (SSSR count). The molecule has 6 heteroatoms. The number of hydrogen-bond acceptors (Lipinski definition) is 6. The predicted octanol–water partition coefficient (Wildman–Crippen LogP) is 7.41. The normalized spacial score (nSPS) is 12.4. The van der Waals surface area contributed by atoms with Gasteiger partial charge < -0.3 is 24.5 Å². The summed E-state index contributed by atoms with van der Waals surface area (Å²) in [6.45, 7) is 19.5. The maximum Gasteiger partial charge on any atom is 0.0234 e. The molecule has 6 nitrogen and oxygen atoms in total. The molecule has 0 radical (unpaired) electrons. The molecule has 0 aromatic heterocycles. The summed E-state index contributed by atoms with van der Waals surface area (Å²) in [7, 11) is 21.8. The van der Waals surface area contributed by atoms with Crippen molar-refractivity contribution in [2.45, 2.75) is 93.1 Å². The Labute approximate surface area is 314 Å². The zero-order chi connectivity index (χ0) is 38.0. The van der Waals surface area contributed by atoms with Gasteiger partial charge in [-0.3, -0.25) is 4.90 Å². The van der Waals surface area contributed by atoms with E-state index in [0.717, 1.165) is 71.6 Å². The van der Waals surface area contributed by atoms with Crippen LogP contribution < -0.4 is 0 Å². The fourth-order valence-electron chi connectivity index (χ4n) is 7.39. The van der Waals surface area contributed by atoms with E-state index in [9.17, 15) is 0 Å². The van der Waals surface area contributed by atoms with Crippen LogP contribution in [0.15, 0.2) is 36.4 Å². The minimum absolute atomic E-state index is 0.640. The zero-order valence-electron chi connectivity index (χ0n) is 35.5. The third-order valence-corrected chi connectivity index (χ3v) is 9.95. The highest BCUT2D eigenvalue weighted by Gasteiger charge is 2.16. The van der Waals surface area contributed by atoms with Crippen LogP contribution in [0.4, 0.5) is 0 Å². The second kappa shape index (κ2) is 20.0. The van der Waals surface area contributed by atoms with Gasteiger partial charge >= 0.3 is 0 Å². The molecule has 0 amide bonds. The first-order chi connectivity index (χ1) is 23.9. The van der Waals surface area contributed by atoms with Crippen molar-refractivity contribution < 1.29 is 0 Å². The van der Waals surface area contributed by atoms with Gasteiger partial charge in [0.15, 0.2) is 0 Å². The lowest BCUT2D eigenvalue weighted by Gasteiger charge is -2.26. The molecular formula is C45H74N6. The molecule has 0 aliphatic rings. The highest BCUT2D eigenvalue weighted by molar-refractivity contribution is 5.41. The SMILES string of the molecule is Cc1c(CC(C)C)cc(CCN(CCc2cc(CN(C)C)c(C)c(CN(C)C)c2)Cc2cc(CN(C)C)c(C)c(CN(C)C)c2)cc1CN(C)C. The van der Waals surface area contributed by atoms with Crippen LogP contribution in [-0.4, -0.2) is 113 Å². The fraction of sp³-hybridized carbons (Fsp3) is 0.600. The minimum Gasteiger partial charge on any atom is -0.305 e. The molecule has 0 bridgehead atoms. The van der Waals surface area contributed by atoms with E-state index in [2.05, 4.69) is 171 Å². The number of benzene rings is 3. The molecule has 0 heterocycles. The molecule has 0 atom stereocenters. The Bertz CT molecular complexity index is 1360. The first-order valence-electron chi connectivity index (χ1n) is 19.2. The molecular weight excluding hydrogens is 625 g/mol. The van der Waals surface area contributed by atoms with Gasteiger partial charge in [0.05, 0.1) is 0 Å². The number of nitrogens with zero attached hydrogens (tertiary/aromatic N) is 6. The third-order valence-electron chi connectivity index (χ3n) is 9.95. The molecule has 0 aliphatic heterocycles. The molecule has 0 unspecified atom stereocenters. The molecule has 3 aromatic rings. The average Bonchev–Trinajstić information content (AvgIpc) is 2.99. The maximum absolute atomic E-state index is 2.73. The van der Waals surface area contributed by atoms with Crippen molar-refractivity contribution >= 4 is 0 Å². The van der Waals surface area contributed by atoms with Gasteiger partial charge in [0, 0.05) is 52.4 Å². The van der Waals surface area contributed by atoms with Crippen LogP contribution in [-0.2, 0) is 58.5 Å². The Hall–Kier alpha value is -2.58. The van der Waals surface area contributed by atoms with Crippen LogP contribution in [0.1, 0.15) is 80.6 Å². The Kier molecular flexibility index (Phi) is 16.8. The zero-order valence-corrected chi connectivity index (χ0v) is 35.5. The van der Waals surface area contributed by atoms with Gasteiger partial charge in [-0.2, -0.15) is 0 Å².